The predicted molar refractivity (Wildman–Crippen MR) is 68.5 cm³/mol. The lowest BCUT2D eigenvalue weighted by Crippen LogP contribution is -2.12. The normalized spacial score (nSPS) is 31.9. The molecule has 1 saturated heterocycles. The number of aliphatic hydroxyl groups is 1. The van der Waals surface area contributed by atoms with Crippen LogP contribution in [-0.2, 0) is 9.53 Å². The zero-order valence-corrected chi connectivity index (χ0v) is 10.8. The quantitative estimate of drug-likeness (QED) is 0.470. The number of esters is 1. The van der Waals surface area contributed by atoms with E-state index in [9.17, 15) is 9.90 Å². The Morgan fingerprint density at radius 3 is 3.17 bits per heavy atom. The summed E-state index contributed by atoms with van der Waals surface area (Å²) >= 11 is 0. The third-order valence-corrected chi connectivity index (χ3v) is 3.82. The SMILES string of the molecule is CC#CCC[C@@H](O)/C=C/[C@H]1CC[C@@H]2OC(=O)C[C@@H]21. The van der Waals surface area contributed by atoms with Gasteiger partial charge in [-0.1, -0.05) is 12.2 Å². The minimum Gasteiger partial charge on any atom is -0.462 e. The molecule has 4 atom stereocenters. The Labute approximate surface area is 108 Å². The highest BCUT2D eigenvalue weighted by Crippen LogP contribution is 2.41. The molecule has 1 heterocycles. The maximum absolute atomic E-state index is 11.2. The van der Waals surface area contributed by atoms with Crippen LogP contribution in [-0.4, -0.2) is 23.3 Å². The van der Waals surface area contributed by atoms with Gasteiger partial charge in [0, 0.05) is 12.3 Å². The van der Waals surface area contributed by atoms with E-state index in [1.165, 1.54) is 0 Å². The van der Waals surface area contributed by atoms with Crippen molar-refractivity contribution < 1.29 is 14.6 Å². The summed E-state index contributed by atoms with van der Waals surface area (Å²) in [6, 6.07) is 0. The fourth-order valence-electron chi connectivity index (χ4n) is 2.85. The van der Waals surface area contributed by atoms with Gasteiger partial charge in [-0.15, -0.1) is 11.8 Å². The second kappa shape index (κ2) is 6.06. The third-order valence-electron chi connectivity index (χ3n) is 3.82. The largest absolute Gasteiger partial charge is 0.462 e. The molecular weight excluding hydrogens is 228 g/mol. The Kier molecular flexibility index (Phi) is 4.43. The van der Waals surface area contributed by atoms with Crippen LogP contribution in [0.2, 0.25) is 0 Å². The van der Waals surface area contributed by atoms with Gasteiger partial charge in [0.25, 0.3) is 0 Å². The number of fused-ring (bicyclic) bond motifs is 1. The Balaban J connectivity index is 1.81. The highest BCUT2D eigenvalue weighted by atomic mass is 16.5. The fourth-order valence-corrected chi connectivity index (χ4v) is 2.85. The van der Waals surface area contributed by atoms with Crippen LogP contribution in [0.1, 0.15) is 39.0 Å². The minimum absolute atomic E-state index is 0.0677. The molecule has 18 heavy (non-hydrogen) atoms. The summed E-state index contributed by atoms with van der Waals surface area (Å²) in [4.78, 5) is 11.2. The van der Waals surface area contributed by atoms with Crippen LogP contribution in [0.15, 0.2) is 12.2 Å². The summed E-state index contributed by atoms with van der Waals surface area (Å²) in [6.07, 6.45) is 7.57. The lowest BCUT2D eigenvalue weighted by Gasteiger charge is -2.12. The van der Waals surface area contributed by atoms with Gasteiger partial charge in [-0.2, -0.15) is 0 Å². The van der Waals surface area contributed by atoms with E-state index in [4.69, 9.17) is 4.74 Å². The molecule has 0 radical (unpaired) electrons. The van der Waals surface area contributed by atoms with Crippen molar-refractivity contribution in [3.63, 3.8) is 0 Å². The molecule has 0 amide bonds. The lowest BCUT2D eigenvalue weighted by atomic mass is 9.92. The number of hydrogen-bond donors (Lipinski definition) is 1. The molecule has 1 N–H and O–H groups in total. The molecule has 0 aromatic heterocycles. The van der Waals surface area contributed by atoms with Crippen molar-refractivity contribution in [3.05, 3.63) is 12.2 Å². The number of rotatable bonds is 4. The topological polar surface area (TPSA) is 46.5 Å². The van der Waals surface area contributed by atoms with Crippen molar-refractivity contribution in [1.82, 2.24) is 0 Å². The van der Waals surface area contributed by atoms with E-state index in [0.29, 0.717) is 24.7 Å². The first-order chi connectivity index (χ1) is 8.70. The van der Waals surface area contributed by atoms with Gasteiger partial charge in [0.2, 0.25) is 0 Å². The van der Waals surface area contributed by atoms with Gasteiger partial charge < -0.3 is 9.84 Å². The Hall–Kier alpha value is -1.27. The van der Waals surface area contributed by atoms with Gasteiger partial charge in [-0.05, 0) is 32.1 Å². The van der Waals surface area contributed by atoms with E-state index >= 15 is 0 Å². The molecule has 2 aliphatic rings. The average molecular weight is 248 g/mol. The lowest BCUT2D eigenvalue weighted by molar-refractivity contribution is -0.141. The van der Waals surface area contributed by atoms with Crippen molar-refractivity contribution in [1.29, 1.82) is 0 Å². The Morgan fingerprint density at radius 1 is 1.56 bits per heavy atom. The van der Waals surface area contributed by atoms with Crippen LogP contribution in [0, 0.1) is 23.7 Å². The van der Waals surface area contributed by atoms with Crippen molar-refractivity contribution >= 4 is 5.97 Å². The van der Waals surface area contributed by atoms with E-state index in [1.807, 2.05) is 6.08 Å². The van der Waals surface area contributed by atoms with Crippen molar-refractivity contribution in [2.45, 2.75) is 51.2 Å². The summed E-state index contributed by atoms with van der Waals surface area (Å²) < 4.78 is 5.25. The Morgan fingerprint density at radius 2 is 2.39 bits per heavy atom. The molecular formula is C15H20O3. The number of carbonyl (C=O) groups excluding carboxylic acids is 1. The van der Waals surface area contributed by atoms with Crippen LogP contribution in [0.4, 0.5) is 0 Å². The molecule has 2 rings (SSSR count). The molecule has 0 aromatic carbocycles. The monoisotopic (exact) mass is 248 g/mol. The van der Waals surface area contributed by atoms with E-state index in [-0.39, 0.29) is 12.1 Å². The molecule has 3 heteroatoms. The molecule has 2 fully saturated rings. The number of carbonyl (C=O) groups is 1. The summed E-state index contributed by atoms with van der Waals surface area (Å²) in [5, 5.41) is 9.78. The molecule has 98 valence electrons. The van der Waals surface area contributed by atoms with Crippen LogP contribution in [0.25, 0.3) is 0 Å². The number of hydrogen-bond acceptors (Lipinski definition) is 3. The fraction of sp³-hybridized carbons (Fsp3) is 0.667. The van der Waals surface area contributed by atoms with E-state index < -0.39 is 6.10 Å². The van der Waals surface area contributed by atoms with Crippen molar-refractivity contribution in [2.75, 3.05) is 0 Å². The second-order valence-corrected chi connectivity index (χ2v) is 5.06. The average Bonchev–Trinajstić information content (AvgIpc) is 2.86. The van der Waals surface area contributed by atoms with Crippen molar-refractivity contribution in [2.24, 2.45) is 11.8 Å². The molecule has 0 bridgehead atoms. The van der Waals surface area contributed by atoms with Gasteiger partial charge in [-0.3, -0.25) is 4.79 Å². The van der Waals surface area contributed by atoms with Crippen LogP contribution in [0.3, 0.4) is 0 Å². The molecule has 3 nitrogen and oxygen atoms in total. The molecule has 1 saturated carbocycles. The minimum atomic E-state index is -0.428. The second-order valence-electron chi connectivity index (χ2n) is 5.06. The maximum Gasteiger partial charge on any atom is 0.306 e. The summed E-state index contributed by atoms with van der Waals surface area (Å²) in [5.41, 5.74) is 0. The van der Waals surface area contributed by atoms with Gasteiger partial charge in [0.05, 0.1) is 12.5 Å². The Bertz CT molecular complexity index is 388. The molecule has 1 aliphatic heterocycles. The zero-order valence-electron chi connectivity index (χ0n) is 10.8. The first-order valence-electron chi connectivity index (χ1n) is 6.66. The highest BCUT2D eigenvalue weighted by Gasteiger charge is 2.43. The van der Waals surface area contributed by atoms with E-state index in [2.05, 4.69) is 17.9 Å². The molecule has 0 unspecified atom stereocenters. The van der Waals surface area contributed by atoms with Crippen LogP contribution in [0.5, 0.6) is 0 Å². The van der Waals surface area contributed by atoms with E-state index in [0.717, 1.165) is 19.3 Å². The van der Waals surface area contributed by atoms with E-state index in [1.54, 1.807) is 6.92 Å². The molecule has 0 aromatic rings. The maximum atomic E-state index is 11.2. The van der Waals surface area contributed by atoms with Crippen LogP contribution >= 0.6 is 0 Å². The van der Waals surface area contributed by atoms with Gasteiger partial charge in [0.1, 0.15) is 6.10 Å². The van der Waals surface area contributed by atoms with Crippen molar-refractivity contribution in [3.8, 4) is 11.8 Å². The summed E-state index contributed by atoms with van der Waals surface area (Å²) in [5.74, 6) is 6.40. The third kappa shape index (κ3) is 3.14. The summed E-state index contributed by atoms with van der Waals surface area (Å²) in [7, 11) is 0. The highest BCUT2D eigenvalue weighted by molar-refractivity contribution is 5.72. The molecule has 1 aliphatic carbocycles. The first-order valence-corrected chi connectivity index (χ1v) is 6.66. The van der Waals surface area contributed by atoms with Gasteiger partial charge >= 0.3 is 5.97 Å². The van der Waals surface area contributed by atoms with Gasteiger partial charge in [0.15, 0.2) is 0 Å². The predicted octanol–water partition coefficient (Wildman–Crippen LogP) is 2.05. The molecule has 0 spiro atoms. The first kappa shape index (κ1) is 13.2. The van der Waals surface area contributed by atoms with Crippen LogP contribution < -0.4 is 0 Å². The number of aliphatic hydroxyl groups excluding tert-OH is 1. The number of ether oxygens (including phenoxy) is 1. The van der Waals surface area contributed by atoms with Gasteiger partial charge in [-0.25, -0.2) is 0 Å². The standard InChI is InChI=1S/C15H20O3/c1-2-3-4-5-12(16)8-6-11-7-9-14-13(11)10-15(17)18-14/h6,8,11-14,16H,4-5,7,9-10H2,1H3/b8-6+/t11-,12+,13+,14-/m0/s1. The number of allylic oxidation sites excluding steroid dienone is 1. The summed E-state index contributed by atoms with van der Waals surface area (Å²) in [6.45, 7) is 1.80. The smallest absolute Gasteiger partial charge is 0.306 e. The zero-order chi connectivity index (χ0) is 13.0.